The van der Waals surface area contributed by atoms with Crippen molar-refractivity contribution in [2.75, 3.05) is 19.8 Å². The molecule has 0 aromatic heterocycles. The number of ether oxygens (including phenoxy) is 1. The van der Waals surface area contributed by atoms with E-state index in [-0.39, 0.29) is 24.5 Å². The number of amides is 2. The third kappa shape index (κ3) is 3.75. The monoisotopic (exact) mass is 186 g/mol. The maximum Gasteiger partial charge on any atom is 0.315 e. The van der Waals surface area contributed by atoms with E-state index in [9.17, 15) is 4.79 Å². The normalized spacial score (nSPS) is 21.1. The summed E-state index contributed by atoms with van der Waals surface area (Å²) in [5.74, 6) is -0.0576. The number of nitrogens with one attached hydrogen (secondary N) is 3. The van der Waals surface area contributed by atoms with Crippen LogP contribution in [0.2, 0.25) is 0 Å². The van der Waals surface area contributed by atoms with Gasteiger partial charge in [0, 0.05) is 6.61 Å². The van der Waals surface area contributed by atoms with Gasteiger partial charge in [-0.15, -0.1) is 0 Å². The van der Waals surface area contributed by atoms with Gasteiger partial charge in [-0.2, -0.15) is 0 Å². The lowest BCUT2D eigenvalue weighted by atomic mass is 10.3. The zero-order valence-corrected chi connectivity index (χ0v) is 7.30. The molecule has 1 atom stereocenters. The number of amidine groups is 1. The van der Waals surface area contributed by atoms with Crippen LogP contribution in [-0.2, 0) is 4.74 Å². The van der Waals surface area contributed by atoms with Gasteiger partial charge in [0.05, 0.1) is 19.2 Å². The first kappa shape index (κ1) is 9.79. The summed E-state index contributed by atoms with van der Waals surface area (Å²) >= 11 is 0. The molecular formula is C7H14N4O2. The molecule has 74 valence electrons. The molecule has 1 aliphatic rings. The van der Waals surface area contributed by atoms with Gasteiger partial charge >= 0.3 is 6.03 Å². The Kier molecular flexibility index (Phi) is 3.51. The molecule has 1 unspecified atom stereocenters. The molecule has 5 N–H and O–H groups in total. The Morgan fingerprint density at radius 2 is 2.46 bits per heavy atom. The summed E-state index contributed by atoms with van der Waals surface area (Å²) in [5, 5.41) is 12.0. The van der Waals surface area contributed by atoms with Gasteiger partial charge in [-0.25, -0.2) is 4.79 Å². The van der Waals surface area contributed by atoms with Crippen molar-refractivity contribution in [3.63, 3.8) is 0 Å². The maximum absolute atomic E-state index is 11.1. The third-order valence-corrected chi connectivity index (χ3v) is 1.70. The van der Waals surface area contributed by atoms with Crippen LogP contribution in [0.15, 0.2) is 0 Å². The Bertz CT molecular complexity index is 201. The van der Waals surface area contributed by atoms with Crippen LogP contribution in [0, 0.1) is 5.41 Å². The molecule has 0 bridgehead atoms. The SMILES string of the molecule is N=C(N)CNC(=O)NC1CCOC1. The summed E-state index contributed by atoms with van der Waals surface area (Å²) in [5.41, 5.74) is 5.07. The summed E-state index contributed by atoms with van der Waals surface area (Å²) in [7, 11) is 0. The molecule has 0 aromatic rings. The summed E-state index contributed by atoms with van der Waals surface area (Å²) in [6, 6.07) is -0.211. The van der Waals surface area contributed by atoms with Crippen LogP contribution in [0.3, 0.4) is 0 Å². The van der Waals surface area contributed by atoms with E-state index < -0.39 is 0 Å². The minimum Gasteiger partial charge on any atom is -0.386 e. The number of hydrogen-bond donors (Lipinski definition) is 4. The van der Waals surface area contributed by atoms with Crippen LogP contribution in [0.1, 0.15) is 6.42 Å². The predicted octanol–water partition coefficient (Wildman–Crippen LogP) is -0.990. The molecule has 1 aliphatic heterocycles. The molecule has 6 nitrogen and oxygen atoms in total. The highest BCUT2D eigenvalue weighted by atomic mass is 16.5. The van der Waals surface area contributed by atoms with Crippen molar-refractivity contribution in [1.29, 1.82) is 5.41 Å². The summed E-state index contributed by atoms with van der Waals surface area (Å²) < 4.78 is 5.07. The molecule has 2 amide bonds. The number of carbonyl (C=O) groups excluding carboxylic acids is 1. The largest absolute Gasteiger partial charge is 0.386 e. The highest BCUT2D eigenvalue weighted by molar-refractivity contribution is 5.84. The van der Waals surface area contributed by atoms with Crippen LogP contribution in [0.25, 0.3) is 0 Å². The minimum atomic E-state index is -0.300. The van der Waals surface area contributed by atoms with E-state index in [1.54, 1.807) is 0 Å². The maximum atomic E-state index is 11.1. The second-order valence-electron chi connectivity index (χ2n) is 2.91. The molecule has 1 fully saturated rings. The highest BCUT2D eigenvalue weighted by Gasteiger charge is 2.17. The van der Waals surface area contributed by atoms with Gasteiger partial charge < -0.3 is 21.1 Å². The van der Waals surface area contributed by atoms with E-state index in [4.69, 9.17) is 15.9 Å². The number of urea groups is 1. The number of hydrogen-bond acceptors (Lipinski definition) is 3. The molecule has 1 heterocycles. The Balaban J connectivity index is 2.13. The van der Waals surface area contributed by atoms with E-state index in [0.29, 0.717) is 13.2 Å². The van der Waals surface area contributed by atoms with Crippen LogP contribution in [0.4, 0.5) is 4.79 Å². The van der Waals surface area contributed by atoms with Crippen LogP contribution >= 0.6 is 0 Å². The van der Waals surface area contributed by atoms with Gasteiger partial charge in [0.2, 0.25) is 0 Å². The number of nitrogens with two attached hydrogens (primary N) is 1. The van der Waals surface area contributed by atoms with Crippen molar-refractivity contribution in [1.82, 2.24) is 10.6 Å². The molecule has 13 heavy (non-hydrogen) atoms. The van der Waals surface area contributed by atoms with Crippen molar-refractivity contribution in [3.8, 4) is 0 Å². The Hall–Kier alpha value is -1.30. The average molecular weight is 186 g/mol. The fourth-order valence-corrected chi connectivity index (χ4v) is 1.06. The van der Waals surface area contributed by atoms with Gasteiger partial charge in [0.1, 0.15) is 5.84 Å². The summed E-state index contributed by atoms with van der Waals surface area (Å²) in [4.78, 5) is 11.1. The first-order valence-corrected chi connectivity index (χ1v) is 4.13. The zero-order chi connectivity index (χ0) is 9.68. The fraction of sp³-hybridized carbons (Fsp3) is 0.714. The lowest BCUT2D eigenvalue weighted by Gasteiger charge is -2.10. The number of carbonyl (C=O) groups is 1. The smallest absolute Gasteiger partial charge is 0.315 e. The molecular weight excluding hydrogens is 172 g/mol. The van der Waals surface area contributed by atoms with Crippen molar-refractivity contribution < 1.29 is 9.53 Å². The summed E-state index contributed by atoms with van der Waals surface area (Å²) in [6.45, 7) is 1.34. The second-order valence-corrected chi connectivity index (χ2v) is 2.91. The highest BCUT2D eigenvalue weighted by Crippen LogP contribution is 2.02. The summed E-state index contributed by atoms with van der Waals surface area (Å²) in [6.07, 6.45) is 0.841. The van der Waals surface area contributed by atoms with E-state index in [2.05, 4.69) is 10.6 Å². The van der Waals surface area contributed by atoms with E-state index in [1.807, 2.05) is 0 Å². The topological polar surface area (TPSA) is 100 Å². The second kappa shape index (κ2) is 4.66. The Morgan fingerprint density at radius 3 is 3.00 bits per heavy atom. The van der Waals surface area contributed by atoms with Gasteiger partial charge in [-0.1, -0.05) is 0 Å². The molecule has 0 saturated carbocycles. The van der Waals surface area contributed by atoms with Crippen molar-refractivity contribution >= 4 is 11.9 Å². The molecule has 0 radical (unpaired) electrons. The third-order valence-electron chi connectivity index (χ3n) is 1.70. The van der Waals surface area contributed by atoms with E-state index >= 15 is 0 Å². The molecule has 6 heteroatoms. The van der Waals surface area contributed by atoms with Crippen molar-refractivity contribution in [3.05, 3.63) is 0 Å². The fourth-order valence-electron chi connectivity index (χ4n) is 1.06. The quantitative estimate of drug-likeness (QED) is 0.336. The average Bonchev–Trinajstić information content (AvgIpc) is 2.53. The Labute approximate surface area is 76.3 Å². The molecule has 1 saturated heterocycles. The lowest BCUT2D eigenvalue weighted by Crippen LogP contribution is -2.44. The molecule has 0 spiro atoms. The van der Waals surface area contributed by atoms with Crippen molar-refractivity contribution in [2.24, 2.45) is 5.73 Å². The van der Waals surface area contributed by atoms with Gasteiger partial charge in [-0.3, -0.25) is 5.41 Å². The van der Waals surface area contributed by atoms with Crippen LogP contribution < -0.4 is 16.4 Å². The predicted molar refractivity (Wildman–Crippen MR) is 47.7 cm³/mol. The molecule has 1 rings (SSSR count). The Morgan fingerprint density at radius 1 is 1.69 bits per heavy atom. The van der Waals surface area contributed by atoms with E-state index in [0.717, 1.165) is 6.42 Å². The van der Waals surface area contributed by atoms with Crippen LogP contribution in [-0.4, -0.2) is 37.7 Å². The molecule has 0 aliphatic carbocycles. The van der Waals surface area contributed by atoms with E-state index in [1.165, 1.54) is 0 Å². The standard InChI is InChI=1S/C7H14N4O2/c8-6(9)3-10-7(12)11-5-1-2-13-4-5/h5H,1-4H2,(H3,8,9)(H2,10,11,12). The van der Waals surface area contributed by atoms with Gasteiger partial charge in [0.15, 0.2) is 0 Å². The molecule has 0 aromatic carbocycles. The van der Waals surface area contributed by atoms with Crippen LogP contribution in [0.5, 0.6) is 0 Å². The zero-order valence-electron chi connectivity index (χ0n) is 7.30. The number of rotatable bonds is 3. The van der Waals surface area contributed by atoms with Crippen molar-refractivity contribution in [2.45, 2.75) is 12.5 Å². The minimum absolute atomic E-state index is 0.0576. The lowest BCUT2D eigenvalue weighted by molar-refractivity contribution is 0.188. The van der Waals surface area contributed by atoms with Gasteiger partial charge in [0.25, 0.3) is 0 Å². The first-order chi connectivity index (χ1) is 6.18. The first-order valence-electron chi connectivity index (χ1n) is 4.13. The van der Waals surface area contributed by atoms with Gasteiger partial charge in [-0.05, 0) is 6.42 Å².